The second kappa shape index (κ2) is 15.3. The lowest BCUT2D eigenvalue weighted by Gasteiger charge is -2.40. The highest BCUT2D eigenvalue weighted by atomic mass is 19.1. The molecule has 5 aliphatic rings. The van der Waals surface area contributed by atoms with Gasteiger partial charge in [0, 0.05) is 81.4 Å². The van der Waals surface area contributed by atoms with E-state index in [4.69, 9.17) is 9.47 Å². The van der Waals surface area contributed by atoms with Gasteiger partial charge < -0.3 is 19.3 Å². The molecule has 57 heavy (non-hydrogen) atoms. The van der Waals surface area contributed by atoms with Gasteiger partial charge in [0.2, 0.25) is 11.8 Å². The van der Waals surface area contributed by atoms with Crippen LogP contribution >= 0.6 is 0 Å². The van der Waals surface area contributed by atoms with Crippen LogP contribution in [0.2, 0.25) is 0 Å². The number of anilines is 2. The number of piperazine rings is 1. The number of imide groups is 2. The lowest BCUT2D eigenvalue weighted by molar-refractivity contribution is -0.136. The van der Waals surface area contributed by atoms with Crippen LogP contribution in [0, 0.1) is 11.7 Å². The van der Waals surface area contributed by atoms with Gasteiger partial charge in [0.05, 0.1) is 30.5 Å². The predicted octanol–water partition coefficient (Wildman–Crippen LogP) is 5.58. The SMILES string of the molecule is COc1ccc2c(c1)OC[C@@H](c1ccccc1)[C@H]2c1ccc(N2CCC(CN3CCN(c4ccc5c(c4)C(=O)N(C4CCC(=O)NC4=O)C5=O)CC3)CC2)c(F)c1. The number of ether oxygens (including phenoxy) is 2. The average molecular weight is 772 g/mol. The maximum absolute atomic E-state index is 16.1. The second-order valence-electron chi connectivity index (χ2n) is 15.8. The number of carbonyl (C=O) groups excluding carboxylic acids is 4. The van der Waals surface area contributed by atoms with Crippen LogP contribution in [0.3, 0.4) is 0 Å². The topological polar surface area (TPSA) is 112 Å². The molecule has 0 aliphatic carbocycles. The van der Waals surface area contributed by atoms with Crippen molar-refractivity contribution in [2.45, 2.75) is 43.6 Å². The van der Waals surface area contributed by atoms with Crippen LogP contribution in [-0.2, 0) is 9.59 Å². The Morgan fingerprint density at radius 2 is 1.54 bits per heavy atom. The molecular formula is C45H46FN5O6. The Balaban J connectivity index is 0.805. The molecule has 12 heteroatoms. The van der Waals surface area contributed by atoms with E-state index in [9.17, 15) is 19.2 Å². The van der Waals surface area contributed by atoms with E-state index in [0.717, 1.165) is 97.4 Å². The summed E-state index contributed by atoms with van der Waals surface area (Å²) >= 11 is 0. The molecule has 294 valence electrons. The largest absolute Gasteiger partial charge is 0.497 e. The number of nitrogens with zero attached hydrogens (tertiary/aromatic N) is 4. The maximum Gasteiger partial charge on any atom is 0.262 e. The fourth-order valence-corrected chi connectivity index (χ4v) is 9.46. The van der Waals surface area contributed by atoms with Gasteiger partial charge in [-0.05, 0) is 72.7 Å². The molecule has 0 bridgehead atoms. The Morgan fingerprint density at radius 3 is 2.28 bits per heavy atom. The van der Waals surface area contributed by atoms with Gasteiger partial charge in [-0.3, -0.25) is 34.3 Å². The zero-order valence-corrected chi connectivity index (χ0v) is 32.0. The Kier molecular flexibility index (Phi) is 9.90. The molecule has 9 rings (SSSR count). The van der Waals surface area contributed by atoms with Crippen molar-refractivity contribution in [2.24, 2.45) is 5.92 Å². The standard InChI is InChI=1S/C45H46FN5O6/c1-56-32-9-11-34-40(25-32)57-27-36(29-5-3-2-4-6-29)42(34)30-7-12-38(37(46)23-30)50-17-15-28(16-18-50)26-48-19-21-49(22-20-48)31-8-10-33-35(24-31)45(55)51(44(33)54)39-13-14-41(52)47-43(39)53/h2-12,23-25,28,36,39,42H,13-22,26-27H2,1H3,(H,47,52,53)/t36-,39?,42-/m0/s1. The zero-order valence-electron chi connectivity index (χ0n) is 32.0. The molecule has 4 amide bonds. The quantitative estimate of drug-likeness (QED) is 0.230. The predicted molar refractivity (Wildman–Crippen MR) is 213 cm³/mol. The molecule has 4 aromatic carbocycles. The van der Waals surface area contributed by atoms with E-state index < -0.39 is 29.7 Å². The molecule has 11 nitrogen and oxygen atoms in total. The Morgan fingerprint density at radius 1 is 0.772 bits per heavy atom. The zero-order chi connectivity index (χ0) is 39.2. The highest BCUT2D eigenvalue weighted by Gasteiger charge is 2.45. The van der Waals surface area contributed by atoms with Gasteiger partial charge in [-0.25, -0.2) is 4.39 Å². The van der Waals surface area contributed by atoms with Crippen LogP contribution < -0.4 is 24.6 Å². The highest BCUT2D eigenvalue weighted by molar-refractivity contribution is 6.23. The Labute approximate surface area is 331 Å². The van der Waals surface area contributed by atoms with E-state index >= 15 is 4.39 Å². The fraction of sp³-hybridized carbons (Fsp3) is 0.378. The van der Waals surface area contributed by atoms with Crippen LogP contribution in [0.4, 0.5) is 15.8 Å². The van der Waals surface area contributed by atoms with Crippen molar-refractivity contribution in [3.8, 4) is 11.5 Å². The molecule has 5 heterocycles. The molecule has 3 atom stereocenters. The van der Waals surface area contributed by atoms with Crippen molar-refractivity contribution in [3.05, 3.63) is 119 Å². The minimum absolute atomic E-state index is 0.0380. The molecule has 0 radical (unpaired) electrons. The summed E-state index contributed by atoms with van der Waals surface area (Å²) < 4.78 is 27.8. The molecule has 1 N–H and O–H groups in total. The van der Waals surface area contributed by atoms with Gasteiger partial charge in [-0.2, -0.15) is 0 Å². The second-order valence-corrected chi connectivity index (χ2v) is 15.8. The summed E-state index contributed by atoms with van der Waals surface area (Å²) in [5.74, 6) is -0.197. The van der Waals surface area contributed by atoms with Crippen molar-refractivity contribution in [3.63, 3.8) is 0 Å². The van der Waals surface area contributed by atoms with Gasteiger partial charge in [0.25, 0.3) is 11.8 Å². The minimum Gasteiger partial charge on any atom is -0.497 e. The molecule has 0 spiro atoms. The number of hydrogen-bond donors (Lipinski definition) is 1. The summed E-state index contributed by atoms with van der Waals surface area (Å²) in [4.78, 5) is 58.5. The molecule has 3 fully saturated rings. The monoisotopic (exact) mass is 771 g/mol. The van der Waals surface area contributed by atoms with Crippen LogP contribution in [-0.4, -0.2) is 99.0 Å². The fourth-order valence-electron chi connectivity index (χ4n) is 9.46. The van der Waals surface area contributed by atoms with Crippen molar-refractivity contribution >= 4 is 35.0 Å². The third kappa shape index (κ3) is 7.00. The normalized spacial score (nSPS) is 22.9. The first-order chi connectivity index (χ1) is 27.7. The highest BCUT2D eigenvalue weighted by Crippen LogP contribution is 2.47. The molecule has 0 saturated carbocycles. The number of piperidine rings is 2. The van der Waals surface area contributed by atoms with Crippen LogP contribution in [0.1, 0.15) is 74.9 Å². The Bertz CT molecular complexity index is 2220. The van der Waals surface area contributed by atoms with Gasteiger partial charge >= 0.3 is 0 Å². The van der Waals surface area contributed by atoms with Gasteiger partial charge in [0.1, 0.15) is 23.4 Å². The average Bonchev–Trinajstić information content (AvgIpc) is 3.48. The summed E-state index contributed by atoms with van der Waals surface area (Å²) in [7, 11) is 1.64. The maximum atomic E-state index is 16.1. The van der Waals surface area contributed by atoms with E-state index in [-0.39, 0.29) is 36.1 Å². The molecule has 1 unspecified atom stereocenters. The van der Waals surface area contributed by atoms with Crippen LogP contribution in [0.5, 0.6) is 11.5 Å². The van der Waals surface area contributed by atoms with Crippen LogP contribution in [0.15, 0.2) is 84.9 Å². The van der Waals surface area contributed by atoms with Gasteiger partial charge in [-0.1, -0.05) is 42.5 Å². The number of rotatable bonds is 8. The van der Waals surface area contributed by atoms with Crippen LogP contribution in [0.25, 0.3) is 0 Å². The summed E-state index contributed by atoms with van der Waals surface area (Å²) in [5.41, 5.74) is 5.24. The number of carbonyl (C=O) groups is 4. The minimum atomic E-state index is -0.978. The molecule has 3 saturated heterocycles. The van der Waals surface area contributed by atoms with Crippen molar-refractivity contribution in [2.75, 3.05) is 69.3 Å². The van der Waals surface area contributed by atoms with Crippen molar-refractivity contribution in [1.29, 1.82) is 0 Å². The molecule has 4 aromatic rings. The summed E-state index contributed by atoms with van der Waals surface area (Å²) in [5, 5.41) is 2.24. The summed E-state index contributed by atoms with van der Waals surface area (Å²) in [6.07, 6.45) is 2.19. The van der Waals surface area contributed by atoms with Crippen molar-refractivity contribution < 1.29 is 33.0 Å². The lowest BCUT2D eigenvalue weighted by Crippen LogP contribution is -2.54. The first kappa shape index (κ1) is 36.9. The van der Waals surface area contributed by atoms with E-state index in [2.05, 4.69) is 38.2 Å². The number of amides is 4. The first-order valence-electron chi connectivity index (χ1n) is 20.0. The third-order valence-corrected chi connectivity index (χ3v) is 12.6. The number of methoxy groups -OCH3 is 1. The lowest BCUT2D eigenvalue weighted by atomic mass is 9.76. The number of fused-ring (bicyclic) bond motifs is 2. The summed E-state index contributed by atoms with van der Waals surface area (Å²) in [6.45, 7) is 6.37. The molecule has 0 aromatic heterocycles. The number of hydrogen-bond acceptors (Lipinski definition) is 9. The van der Waals surface area contributed by atoms with E-state index in [1.165, 1.54) is 0 Å². The Hall–Kier alpha value is -5.75. The third-order valence-electron chi connectivity index (χ3n) is 12.6. The van der Waals surface area contributed by atoms with Gasteiger partial charge in [-0.15, -0.1) is 0 Å². The van der Waals surface area contributed by atoms with E-state index in [0.29, 0.717) is 23.8 Å². The molecule has 5 aliphatic heterocycles. The van der Waals surface area contributed by atoms with E-state index in [1.54, 1.807) is 25.3 Å². The van der Waals surface area contributed by atoms with E-state index in [1.807, 2.05) is 48.5 Å². The number of nitrogens with one attached hydrogen (secondary N) is 1. The number of benzene rings is 4. The van der Waals surface area contributed by atoms with Gasteiger partial charge in [0.15, 0.2) is 0 Å². The number of halogens is 1. The smallest absolute Gasteiger partial charge is 0.262 e. The van der Waals surface area contributed by atoms with Crippen molar-refractivity contribution in [1.82, 2.24) is 15.1 Å². The molecular weight excluding hydrogens is 726 g/mol. The summed E-state index contributed by atoms with van der Waals surface area (Å²) in [6, 6.07) is 26.3. The first-order valence-corrected chi connectivity index (χ1v) is 20.0.